The lowest BCUT2D eigenvalue weighted by Crippen LogP contribution is -2.44. The van der Waals surface area contributed by atoms with Gasteiger partial charge in [0, 0.05) is 18.1 Å². The third-order valence-electron chi connectivity index (χ3n) is 2.84. The molecule has 1 atom stereocenters. The van der Waals surface area contributed by atoms with Crippen LogP contribution in [0.15, 0.2) is 17.0 Å². The van der Waals surface area contributed by atoms with Crippen molar-refractivity contribution in [1.29, 1.82) is 0 Å². The van der Waals surface area contributed by atoms with E-state index in [2.05, 4.69) is 0 Å². The fraction of sp³-hybridized carbons (Fsp3) is 0.455. The molecule has 0 radical (unpaired) electrons. The van der Waals surface area contributed by atoms with Crippen molar-refractivity contribution < 1.29 is 13.2 Å². The van der Waals surface area contributed by atoms with E-state index in [9.17, 15) is 8.42 Å². The zero-order valence-corrected chi connectivity index (χ0v) is 12.6. The fourth-order valence-electron chi connectivity index (χ4n) is 1.99. The maximum atomic E-state index is 12.5. The number of sulfonamides is 1. The van der Waals surface area contributed by atoms with Gasteiger partial charge in [0.15, 0.2) is 0 Å². The highest BCUT2D eigenvalue weighted by Gasteiger charge is 2.32. The third kappa shape index (κ3) is 2.98. The summed E-state index contributed by atoms with van der Waals surface area (Å²) in [5, 5.41) is 0.334. The van der Waals surface area contributed by atoms with E-state index in [0.29, 0.717) is 11.6 Å². The van der Waals surface area contributed by atoms with Crippen molar-refractivity contribution in [3.63, 3.8) is 0 Å². The molecule has 106 valence electrons. The van der Waals surface area contributed by atoms with Crippen LogP contribution in [-0.2, 0) is 14.8 Å². The standard InChI is InChI=1S/C11H14Cl2N2O3S/c1-7-6-15(2-3-18-7)19(16,17)11-9(13)4-8(12)5-10(11)14/h4-5,7H,2-3,6,14H2,1H3. The summed E-state index contributed by atoms with van der Waals surface area (Å²) in [4.78, 5) is -0.0901. The second kappa shape index (κ2) is 5.46. The molecule has 1 unspecified atom stereocenters. The van der Waals surface area contributed by atoms with Crippen molar-refractivity contribution in [2.45, 2.75) is 17.9 Å². The molecule has 0 bridgehead atoms. The monoisotopic (exact) mass is 324 g/mol. The molecular weight excluding hydrogens is 311 g/mol. The number of hydrogen-bond acceptors (Lipinski definition) is 4. The molecule has 0 aliphatic carbocycles. The van der Waals surface area contributed by atoms with Crippen LogP contribution in [0, 0.1) is 0 Å². The van der Waals surface area contributed by atoms with Gasteiger partial charge in [-0.25, -0.2) is 8.42 Å². The van der Waals surface area contributed by atoms with Crippen molar-refractivity contribution in [1.82, 2.24) is 4.31 Å². The van der Waals surface area contributed by atoms with Gasteiger partial charge in [-0.1, -0.05) is 23.2 Å². The van der Waals surface area contributed by atoms with Gasteiger partial charge in [0.05, 0.1) is 23.4 Å². The molecule has 1 fully saturated rings. The fourth-order valence-corrected chi connectivity index (χ4v) is 4.43. The Bertz CT molecular complexity index is 569. The molecule has 2 N–H and O–H groups in total. The maximum Gasteiger partial charge on any atom is 0.246 e. The van der Waals surface area contributed by atoms with E-state index < -0.39 is 10.0 Å². The second-order valence-electron chi connectivity index (χ2n) is 4.35. The zero-order valence-electron chi connectivity index (χ0n) is 10.3. The lowest BCUT2D eigenvalue weighted by molar-refractivity contribution is 0.0102. The summed E-state index contributed by atoms with van der Waals surface area (Å²) in [6.07, 6.45) is -0.157. The van der Waals surface area contributed by atoms with Gasteiger partial charge in [-0.2, -0.15) is 4.31 Å². The molecule has 1 aromatic rings. The average molecular weight is 325 g/mol. The number of ether oxygens (including phenoxy) is 1. The summed E-state index contributed by atoms with van der Waals surface area (Å²) in [5.41, 5.74) is 5.80. The van der Waals surface area contributed by atoms with E-state index in [4.69, 9.17) is 33.7 Å². The minimum absolute atomic E-state index is 0.0316. The molecule has 0 amide bonds. The highest BCUT2D eigenvalue weighted by Crippen LogP contribution is 2.33. The van der Waals surface area contributed by atoms with Crippen LogP contribution < -0.4 is 5.73 Å². The van der Waals surface area contributed by atoms with Gasteiger partial charge in [-0.15, -0.1) is 0 Å². The number of benzene rings is 1. The summed E-state index contributed by atoms with van der Waals surface area (Å²) >= 11 is 11.8. The van der Waals surface area contributed by atoms with Gasteiger partial charge in [0.1, 0.15) is 4.90 Å². The first kappa shape index (κ1) is 14.9. The number of halogens is 2. The topological polar surface area (TPSA) is 72.6 Å². The molecule has 0 spiro atoms. The minimum atomic E-state index is -3.74. The van der Waals surface area contributed by atoms with Gasteiger partial charge in [0.2, 0.25) is 10.0 Å². The molecule has 0 saturated carbocycles. The first-order chi connectivity index (χ1) is 8.82. The normalized spacial score (nSPS) is 21.5. The smallest absolute Gasteiger partial charge is 0.246 e. The molecule has 1 aliphatic rings. The molecule has 1 saturated heterocycles. The van der Waals surface area contributed by atoms with Crippen LogP contribution >= 0.6 is 23.2 Å². The number of hydrogen-bond donors (Lipinski definition) is 1. The van der Waals surface area contributed by atoms with Crippen LogP contribution in [0.25, 0.3) is 0 Å². The van der Waals surface area contributed by atoms with Crippen LogP contribution in [0.4, 0.5) is 5.69 Å². The minimum Gasteiger partial charge on any atom is -0.398 e. The number of rotatable bonds is 2. The highest BCUT2D eigenvalue weighted by atomic mass is 35.5. The quantitative estimate of drug-likeness (QED) is 0.844. The highest BCUT2D eigenvalue weighted by molar-refractivity contribution is 7.89. The van der Waals surface area contributed by atoms with Gasteiger partial charge in [0.25, 0.3) is 0 Å². The summed E-state index contributed by atoms with van der Waals surface area (Å²) in [5.74, 6) is 0. The first-order valence-corrected chi connectivity index (χ1v) is 7.88. The van der Waals surface area contributed by atoms with Crippen molar-refractivity contribution in [3.8, 4) is 0 Å². The van der Waals surface area contributed by atoms with Gasteiger partial charge in [-0.05, 0) is 19.1 Å². The molecule has 1 aliphatic heterocycles. The number of nitrogens with two attached hydrogens (primary N) is 1. The Balaban J connectivity index is 2.45. The van der Waals surface area contributed by atoms with Gasteiger partial charge < -0.3 is 10.5 Å². The Morgan fingerprint density at radius 3 is 2.68 bits per heavy atom. The summed E-state index contributed by atoms with van der Waals surface area (Å²) < 4.78 is 31.8. The predicted octanol–water partition coefficient (Wildman–Crippen LogP) is 1.99. The predicted molar refractivity (Wildman–Crippen MR) is 75.0 cm³/mol. The van der Waals surface area contributed by atoms with Crippen LogP contribution in [0.2, 0.25) is 10.0 Å². The van der Waals surface area contributed by atoms with E-state index in [1.165, 1.54) is 16.4 Å². The average Bonchev–Trinajstić information content (AvgIpc) is 2.26. The SMILES string of the molecule is CC1CN(S(=O)(=O)c2c(N)cc(Cl)cc2Cl)CCO1. The Labute approximate surface area is 122 Å². The molecule has 0 aromatic heterocycles. The number of nitrogen functional groups attached to an aromatic ring is 1. The summed E-state index contributed by atoms with van der Waals surface area (Å²) in [7, 11) is -3.74. The van der Waals surface area contributed by atoms with Gasteiger partial charge >= 0.3 is 0 Å². The van der Waals surface area contributed by atoms with Crippen LogP contribution in [0.5, 0.6) is 0 Å². The van der Waals surface area contributed by atoms with Crippen molar-refractivity contribution in [2.75, 3.05) is 25.4 Å². The molecule has 2 rings (SSSR count). The Kier molecular flexibility index (Phi) is 4.27. The summed E-state index contributed by atoms with van der Waals surface area (Å²) in [6, 6.07) is 2.75. The van der Waals surface area contributed by atoms with Crippen LogP contribution in [0.3, 0.4) is 0 Å². The van der Waals surface area contributed by atoms with Crippen molar-refractivity contribution in [3.05, 3.63) is 22.2 Å². The van der Waals surface area contributed by atoms with Crippen molar-refractivity contribution >= 4 is 38.9 Å². The Hall–Kier alpha value is -0.530. The first-order valence-electron chi connectivity index (χ1n) is 5.68. The summed E-state index contributed by atoms with van der Waals surface area (Å²) in [6.45, 7) is 2.73. The molecule has 1 heterocycles. The number of nitrogens with zero attached hydrogens (tertiary/aromatic N) is 1. The lowest BCUT2D eigenvalue weighted by atomic mass is 10.3. The third-order valence-corrected chi connectivity index (χ3v) is 5.45. The second-order valence-corrected chi connectivity index (χ2v) is 7.07. The number of anilines is 1. The lowest BCUT2D eigenvalue weighted by Gasteiger charge is -2.30. The van der Waals surface area contributed by atoms with E-state index in [1.807, 2.05) is 6.92 Å². The van der Waals surface area contributed by atoms with Crippen LogP contribution in [0.1, 0.15) is 6.92 Å². The maximum absolute atomic E-state index is 12.5. The molecule has 5 nitrogen and oxygen atoms in total. The molecule has 8 heteroatoms. The van der Waals surface area contributed by atoms with Crippen molar-refractivity contribution in [2.24, 2.45) is 0 Å². The Morgan fingerprint density at radius 1 is 1.42 bits per heavy atom. The van der Waals surface area contributed by atoms with E-state index >= 15 is 0 Å². The van der Waals surface area contributed by atoms with Crippen LogP contribution in [-0.4, -0.2) is 38.5 Å². The Morgan fingerprint density at radius 2 is 2.11 bits per heavy atom. The van der Waals surface area contributed by atoms with E-state index in [1.54, 1.807) is 0 Å². The molecule has 1 aromatic carbocycles. The van der Waals surface area contributed by atoms with E-state index in [0.717, 1.165) is 0 Å². The number of morpholine rings is 1. The zero-order chi connectivity index (χ0) is 14.2. The molecule has 19 heavy (non-hydrogen) atoms. The van der Waals surface area contributed by atoms with E-state index in [-0.39, 0.29) is 34.8 Å². The molecular formula is C11H14Cl2N2O3S. The van der Waals surface area contributed by atoms with Gasteiger partial charge in [-0.3, -0.25) is 0 Å². The largest absolute Gasteiger partial charge is 0.398 e.